The second kappa shape index (κ2) is 5.94. The number of nitrogen functional groups attached to an aromatic ring is 1. The van der Waals surface area contributed by atoms with Crippen LogP contribution in [0, 0.1) is 0 Å². The van der Waals surface area contributed by atoms with Crippen molar-refractivity contribution in [1.82, 2.24) is 9.78 Å². The Morgan fingerprint density at radius 3 is 2.08 bits per heavy atom. The minimum absolute atomic E-state index is 0.148. The molecule has 1 heterocycles. The lowest BCUT2D eigenvalue weighted by Gasteiger charge is -2.13. The van der Waals surface area contributed by atoms with Crippen LogP contribution in [0.1, 0.15) is 16.1 Å². The first-order valence-corrected chi connectivity index (χ1v) is 8.63. The summed E-state index contributed by atoms with van der Waals surface area (Å²) in [6.45, 7) is 0. The average molecular weight is 402 g/mol. The molecule has 24 heavy (non-hydrogen) atoms. The van der Waals surface area contributed by atoms with Gasteiger partial charge < -0.3 is 5.73 Å². The number of halogens is 5. The summed E-state index contributed by atoms with van der Waals surface area (Å²) in [6, 6.07) is 1.18. The molecular weight excluding hydrogens is 394 g/mol. The van der Waals surface area contributed by atoms with Crippen molar-refractivity contribution in [1.29, 1.82) is 0 Å². The second-order valence-corrected chi connectivity index (χ2v) is 7.45. The van der Waals surface area contributed by atoms with Crippen molar-refractivity contribution in [2.24, 2.45) is 0 Å². The molecule has 0 saturated heterocycles. The normalized spacial score (nSPS) is 12.4. The molecule has 0 radical (unpaired) electrons. The molecule has 0 unspecified atom stereocenters. The van der Waals surface area contributed by atoms with Crippen LogP contribution >= 0.6 is 23.2 Å². The molecule has 0 aliphatic heterocycles. The van der Waals surface area contributed by atoms with Crippen molar-refractivity contribution < 1.29 is 26.4 Å². The molecule has 6 nitrogen and oxygen atoms in total. The maximum atomic E-state index is 12.8. The first kappa shape index (κ1) is 18.6. The second-order valence-electron chi connectivity index (χ2n) is 4.69. The number of hydrogen-bond acceptors (Lipinski definition) is 5. The molecule has 130 valence electrons. The number of aromatic nitrogens is 2. The van der Waals surface area contributed by atoms with Gasteiger partial charge in [-0.1, -0.05) is 23.2 Å². The summed E-state index contributed by atoms with van der Waals surface area (Å²) in [7, 11) is -3.93. The Kier molecular flexibility index (Phi) is 4.59. The molecule has 1 aromatic carbocycles. The number of carbonyl (C=O) groups is 1. The minimum Gasteiger partial charge on any atom is -0.382 e. The topological polar surface area (TPSA) is 95.0 Å². The number of hydrogen-bond donors (Lipinski definition) is 1. The average Bonchev–Trinajstić information content (AvgIpc) is 2.74. The number of aldehydes is 1. The molecule has 0 spiro atoms. The quantitative estimate of drug-likeness (QED) is 0.797. The molecule has 0 atom stereocenters. The number of nitrogens with zero attached hydrogens (tertiary/aromatic N) is 2. The molecule has 0 aliphatic carbocycles. The van der Waals surface area contributed by atoms with Gasteiger partial charge in [0.15, 0.2) is 16.1 Å². The Labute approximate surface area is 143 Å². The summed E-state index contributed by atoms with van der Waals surface area (Å²) < 4.78 is 62.4. The van der Waals surface area contributed by atoms with Crippen molar-refractivity contribution in [3.8, 4) is 5.69 Å². The Bertz CT molecular complexity index is 916. The summed E-state index contributed by atoms with van der Waals surface area (Å²) in [5, 5.41) is 2.73. The molecular formula is C12H8Cl2F3N3O3S. The van der Waals surface area contributed by atoms with Crippen molar-refractivity contribution >= 4 is 45.1 Å². The van der Waals surface area contributed by atoms with E-state index in [0.717, 1.165) is 6.26 Å². The largest absolute Gasteiger partial charge is 0.416 e. The number of benzene rings is 1. The third-order valence-corrected chi connectivity index (χ3v) is 4.68. The monoisotopic (exact) mass is 401 g/mol. The van der Waals surface area contributed by atoms with E-state index in [-0.39, 0.29) is 12.0 Å². The van der Waals surface area contributed by atoms with E-state index in [1.54, 1.807) is 0 Å². The van der Waals surface area contributed by atoms with E-state index in [1.807, 2.05) is 0 Å². The molecule has 2 aromatic rings. The zero-order chi connectivity index (χ0) is 18.4. The van der Waals surface area contributed by atoms with Crippen LogP contribution in [0.3, 0.4) is 0 Å². The summed E-state index contributed by atoms with van der Waals surface area (Å²) in [4.78, 5) is 10.5. The van der Waals surface area contributed by atoms with Gasteiger partial charge in [0, 0.05) is 6.26 Å². The fourth-order valence-corrected chi connectivity index (χ4v) is 3.58. The highest BCUT2D eigenvalue weighted by molar-refractivity contribution is 7.91. The van der Waals surface area contributed by atoms with Crippen LogP contribution in [0.2, 0.25) is 10.0 Å². The lowest BCUT2D eigenvalue weighted by atomic mass is 10.2. The highest BCUT2D eigenvalue weighted by atomic mass is 35.5. The highest BCUT2D eigenvalue weighted by Crippen LogP contribution is 2.39. The van der Waals surface area contributed by atoms with E-state index in [4.69, 9.17) is 28.9 Å². The van der Waals surface area contributed by atoms with E-state index < -0.39 is 48.0 Å². The smallest absolute Gasteiger partial charge is 0.382 e. The van der Waals surface area contributed by atoms with Crippen LogP contribution < -0.4 is 5.73 Å². The van der Waals surface area contributed by atoms with E-state index in [1.165, 1.54) is 0 Å². The standard InChI is InChI=1S/C12H8Cl2F3N3O3S/c1-24(22,23)10-8(4-21)19-20(11(10)18)9-6(13)2-5(3-7(9)14)12(15,16)17/h2-4H,18H2,1H3. The van der Waals surface area contributed by atoms with Gasteiger partial charge in [-0.05, 0) is 12.1 Å². The number of sulfone groups is 1. The molecule has 2 rings (SSSR count). The number of anilines is 1. The van der Waals surface area contributed by atoms with Crippen molar-refractivity contribution in [3.63, 3.8) is 0 Å². The van der Waals surface area contributed by atoms with Gasteiger partial charge >= 0.3 is 6.18 Å². The van der Waals surface area contributed by atoms with Crippen molar-refractivity contribution in [3.05, 3.63) is 33.4 Å². The summed E-state index contributed by atoms with van der Waals surface area (Å²) in [5.74, 6) is -0.497. The zero-order valence-corrected chi connectivity index (χ0v) is 14.1. The van der Waals surface area contributed by atoms with Crippen molar-refractivity contribution in [2.45, 2.75) is 11.1 Å². The molecule has 2 N–H and O–H groups in total. The zero-order valence-electron chi connectivity index (χ0n) is 11.7. The maximum absolute atomic E-state index is 12.8. The first-order chi connectivity index (χ1) is 10.9. The van der Waals surface area contributed by atoms with Gasteiger partial charge in [0.2, 0.25) is 0 Å². The summed E-state index contributed by atoms with van der Waals surface area (Å²) >= 11 is 11.7. The summed E-state index contributed by atoms with van der Waals surface area (Å²) in [5.41, 5.74) is 3.79. The molecule has 12 heteroatoms. The van der Waals surface area contributed by atoms with Gasteiger partial charge in [-0.3, -0.25) is 4.79 Å². The Morgan fingerprint density at radius 2 is 1.75 bits per heavy atom. The minimum atomic E-state index is -4.69. The van der Waals surface area contributed by atoms with E-state index >= 15 is 0 Å². The van der Waals surface area contributed by atoms with Crippen molar-refractivity contribution in [2.75, 3.05) is 12.0 Å². The van der Waals surface area contributed by atoms with Gasteiger partial charge in [0.05, 0.1) is 15.6 Å². The number of alkyl halides is 3. The maximum Gasteiger partial charge on any atom is 0.416 e. The van der Waals surface area contributed by atoms with Crippen LogP contribution in [0.25, 0.3) is 5.69 Å². The molecule has 0 fully saturated rings. The molecule has 1 aromatic heterocycles. The Balaban J connectivity index is 2.80. The Morgan fingerprint density at radius 1 is 1.25 bits per heavy atom. The Hall–Kier alpha value is -1.78. The van der Waals surface area contributed by atoms with Crippen LogP contribution in [-0.4, -0.2) is 30.7 Å². The molecule has 0 saturated carbocycles. The summed E-state index contributed by atoms with van der Waals surface area (Å²) in [6.07, 6.45) is -3.74. The van der Waals surface area contributed by atoms with E-state index in [0.29, 0.717) is 16.8 Å². The molecule has 0 bridgehead atoms. The van der Waals surface area contributed by atoms with Crippen LogP contribution in [0.5, 0.6) is 0 Å². The third kappa shape index (κ3) is 3.21. The lowest BCUT2D eigenvalue weighted by Crippen LogP contribution is -2.09. The predicted octanol–water partition coefficient (Wildman–Crippen LogP) is 3.00. The fraction of sp³-hybridized carbons (Fsp3) is 0.167. The van der Waals surface area contributed by atoms with Gasteiger partial charge in [-0.25, -0.2) is 13.1 Å². The van der Waals surface area contributed by atoms with Crippen LogP contribution in [0.4, 0.5) is 19.0 Å². The van der Waals surface area contributed by atoms with Crippen LogP contribution in [-0.2, 0) is 16.0 Å². The highest BCUT2D eigenvalue weighted by Gasteiger charge is 2.33. The number of nitrogens with two attached hydrogens (primary N) is 1. The van der Waals surface area contributed by atoms with Gasteiger partial charge in [-0.15, -0.1) is 0 Å². The fourth-order valence-electron chi connectivity index (χ4n) is 1.99. The predicted molar refractivity (Wildman–Crippen MR) is 81.5 cm³/mol. The van der Waals surface area contributed by atoms with E-state index in [9.17, 15) is 26.4 Å². The third-order valence-electron chi connectivity index (χ3n) is 2.94. The molecule has 0 aliphatic rings. The van der Waals surface area contributed by atoms with Gasteiger partial charge in [0.1, 0.15) is 22.1 Å². The van der Waals surface area contributed by atoms with Crippen LogP contribution in [0.15, 0.2) is 17.0 Å². The lowest BCUT2D eigenvalue weighted by molar-refractivity contribution is -0.137. The molecule has 0 amide bonds. The number of rotatable bonds is 3. The van der Waals surface area contributed by atoms with Gasteiger partial charge in [0.25, 0.3) is 0 Å². The number of carbonyl (C=O) groups excluding carboxylic acids is 1. The van der Waals surface area contributed by atoms with E-state index in [2.05, 4.69) is 5.10 Å². The van der Waals surface area contributed by atoms with Gasteiger partial charge in [-0.2, -0.15) is 18.3 Å². The SMILES string of the molecule is CS(=O)(=O)c1c(C=O)nn(-c2c(Cl)cc(C(F)(F)F)cc2Cl)c1N. The first-order valence-electron chi connectivity index (χ1n) is 5.98.